The third-order valence-electron chi connectivity index (χ3n) is 5.72. The molecule has 0 saturated carbocycles. The number of aromatic nitrogens is 4. The molecule has 2 aromatic heterocycles. The highest BCUT2D eigenvalue weighted by Crippen LogP contribution is 2.17. The number of quaternary nitrogens is 2. The Morgan fingerprint density at radius 3 is 2.50 bits per heavy atom. The lowest BCUT2D eigenvalue weighted by Crippen LogP contribution is -3.27. The van der Waals surface area contributed by atoms with Gasteiger partial charge in [-0.15, -0.1) is 5.10 Å². The number of tetrazole rings is 1. The topological polar surface area (TPSA) is 65.6 Å². The lowest BCUT2D eigenvalue weighted by Gasteiger charge is -2.35. The number of benzene rings is 1. The molecule has 1 fully saturated rings. The zero-order chi connectivity index (χ0) is 19.3. The summed E-state index contributed by atoms with van der Waals surface area (Å²) in [5.74, 6) is 2.55. The van der Waals surface area contributed by atoms with E-state index >= 15 is 0 Å². The average Bonchev–Trinajstić information content (AvgIpc) is 3.37. The lowest BCUT2D eigenvalue weighted by molar-refractivity contribution is -1.03. The first-order valence-corrected chi connectivity index (χ1v) is 10.2. The molecular weight excluding hydrogens is 352 g/mol. The van der Waals surface area contributed by atoms with E-state index in [1.54, 1.807) is 16.1 Å². The van der Waals surface area contributed by atoms with Crippen LogP contribution in [0.3, 0.4) is 0 Å². The van der Waals surface area contributed by atoms with Crippen molar-refractivity contribution < 1.29 is 14.2 Å². The van der Waals surface area contributed by atoms with Crippen molar-refractivity contribution in [1.29, 1.82) is 0 Å². The Morgan fingerprint density at radius 2 is 1.82 bits per heavy atom. The summed E-state index contributed by atoms with van der Waals surface area (Å²) in [7, 11) is 0. The number of nitrogens with zero attached hydrogens (tertiary/aromatic N) is 4. The van der Waals surface area contributed by atoms with Crippen LogP contribution in [0.15, 0.2) is 53.1 Å². The smallest absolute Gasteiger partial charge is 0.209 e. The number of furan rings is 1. The van der Waals surface area contributed by atoms with Gasteiger partial charge in [0, 0.05) is 5.92 Å². The van der Waals surface area contributed by atoms with E-state index in [1.807, 2.05) is 16.8 Å². The van der Waals surface area contributed by atoms with E-state index in [2.05, 4.69) is 59.7 Å². The SMILES string of the molecule is CC(C)[C@H](c1nnnn1Cc1ccccc1)[NH+]1CC[NH+](Cc2ccco2)CC1. The van der Waals surface area contributed by atoms with E-state index in [1.165, 1.54) is 5.56 Å². The van der Waals surface area contributed by atoms with Gasteiger partial charge in [0.25, 0.3) is 0 Å². The largest absolute Gasteiger partial charge is 0.463 e. The molecule has 0 spiro atoms. The van der Waals surface area contributed by atoms with Gasteiger partial charge < -0.3 is 14.2 Å². The number of rotatable bonds is 7. The van der Waals surface area contributed by atoms with Crippen LogP contribution >= 0.6 is 0 Å². The Labute approximate surface area is 165 Å². The van der Waals surface area contributed by atoms with Crippen molar-refractivity contribution in [3.05, 3.63) is 65.9 Å². The highest BCUT2D eigenvalue weighted by Gasteiger charge is 2.36. The number of nitrogens with one attached hydrogen (secondary N) is 2. The molecular formula is C21H30N6O+2. The van der Waals surface area contributed by atoms with Gasteiger partial charge in [-0.2, -0.15) is 0 Å². The maximum atomic E-state index is 5.52. The molecule has 0 aliphatic carbocycles. The van der Waals surface area contributed by atoms with Gasteiger partial charge in [0.1, 0.15) is 32.7 Å². The monoisotopic (exact) mass is 382 g/mol. The Bertz CT molecular complexity index is 837. The van der Waals surface area contributed by atoms with Crippen molar-refractivity contribution in [2.45, 2.75) is 33.0 Å². The fourth-order valence-electron chi connectivity index (χ4n) is 4.33. The molecule has 0 amide bonds. The van der Waals surface area contributed by atoms with Gasteiger partial charge >= 0.3 is 0 Å². The fraction of sp³-hybridized carbons (Fsp3) is 0.476. The first kappa shape index (κ1) is 18.8. The van der Waals surface area contributed by atoms with E-state index in [0.29, 0.717) is 12.0 Å². The molecule has 0 radical (unpaired) electrons. The molecule has 1 aliphatic heterocycles. The normalized spacial score (nSPS) is 21.1. The van der Waals surface area contributed by atoms with E-state index in [9.17, 15) is 0 Å². The molecule has 7 heteroatoms. The van der Waals surface area contributed by atoms with Crippen LogP contribution in [0.1, 0.15) is 37.0 Å². The zero-order valence-electron chi connectivity index (χ0n) is 16.7. The molecule has 7 nitrogen and oxygen atoms in total. The summed E-state index contributed by atoms with van der Waals surface area (Å²) in [5, 5.41) is 12.8. The third kappa shape index (κ3) is 4.31. The quantitative estimate of drug-likeness (QED) is 0.604. The highest BCUT2D eigenvalue weighted by molar-refractivity contribution is 5.15. The molecule has 148 valence electrons. The molecule has 1 aromatic carbocycles. The second kappa shape index (κ2) is 8.67. The van der Waals surface area contributed by atoms with Gasteiger partial charge in [-0.1, -0.05) is 44.2 Å². The second-order valence-electron chi connectivity index (χ2n) is 8.07. The van der Waals surface area contributed by atoms with Crippen molar-refractivity contribution in [2.75, 3.05) is 26.2 Å². The predicted molar refractivity (Wildman–Crippen MR) is 105 cm³/mol. The van der Waals surface area contributed by atoms with E-state index in [4.69, 9.17) is 4.42 Å². The second-order valence-corrected chi connectivity index (χ2v) is 8.07. The van der Waals surface area contributed by atoms with Crippen LogP contribution in [0, 0.1) is 5.92 Å². The molecule has 4 rings (SSSR count). The van der Waals surface area contributed by atoms with Crippen molar-refractivity contribution in [1.82, 2.24) is 20.2 Å². The Balaban J connectivity index is 1.44. The molecule has 3 heterocycles. The van der Waals surface area contributed by atoms with E-state index in [-0.39, 0.29) is 0 Å². The number of piperazine rings is 1. The van der Waals surface area contributed by atoms with E-state index < -0.39 is 0 Å². The third-order valence-corrected chi connectivity index (χ3v) is 5.72. The van der Waals surface area contributed by atoms with Gasteiger partial charge in [-0.05, 0) is 28.1 Å². The van der Waals surface area contributed by atoms with Crippen LogP contribution in [0.25, 0.3) is 0 Å². The first-order valence-electron chi connectivity index (χ1n) is 10.2. The molecule has 0 bridgehead atoms. The number of hydrogen-bond acceptors (Lipinski definition) is 4. The number of hydrogen-bond donors (Lipinski definition) is 2. The molecule has 1 atom stereocenters. The van der Waals surface area contributed by atoms with Crippen LogP contribution in [0.5, 0.6) is 0 Å². The van der Waals surface area contributed by atoms with Gasteiger partial charge in [-0.25, -0.2) is 4.68 Å². The van der Waals surface area contributed by atoms with Crippen LogP contribution in [0.4, 0.5) is 0 Å². The van der Waals surface area contributed by atoms with Crippen molar-refractivity contribution in [3.63, 3.8) is 0 Å². The van der Waals surface area contributed by atoms with Crippen LogP contribution in [-0.4, -0.2) is 46.4 Å². The minimum absolute atomic E-state index is 0.309. The summed E-state index contributed by atoms with van der Waals surface area (Å²) in [6.45, 7) is 10.8. The summed E-state index contributed by atoms with van der Waals surface area (Å²) >= 11 is 0. The Morgan fingerprint density at radius 1 is 1.04 bits per heavy atom. The van der Waals surface area contributed by atoms with Gasteiger partial charge in [0.15, 0.2) is 11.8 Å². The standard InChI is InChI=1S/C21H28N6O/c1-17(2)20(21-22-23-24-27(21)15-18-7-4-3-5-8-18)26-12-10-25(11-13-26)16-19-9-6-14-28-19/h3-9,14,17,20H,10-13,15-16H2,1-2H3/p+2/t20-/m1/s1. The minimum Gasteiger partial charge on any atom is -0.463 e. The summed E-state index contributed by atoms with van der Waals surface area (Å²) < 4.78 is 7.50. The summed E-state index contributed by atoms with van der Waals surface area (Å²) in [6, 6.07) is 14.8. The Kier molecular flexibility index (Phi) is 5.83. The fourth-order valence-corrected chi connectivity index (χ4v) is 4.33. The zero-order valence-corrected chi connectivity index (χ0v) is 16.7. The lowest BCUT2D eigenvalue weighted by atomic mass is 10.0. The molecule has 1 aliphatic rings. The maximum absolute atomic E-state index is 5.52. The average molecular weight is 383 g/mol. The summed E-state index contributed by atoms with van der Waals surface area (Å²) in [5.41, 5.74) is 1.22. The molecule has 0 unspecified atom stereocenters. The molecule has 3 aromatic rings. The van der Waals surface area contributed by atoms with Crippen LogP contribution in [-0.2, 0) is 13.1 Å². The highest BCUT2D eigenvalue weighted by atomic mass is 16.3. The maximum Gasteiger partial charge on any atom is 0.209 e. The van der Waals surface area contributed by atoms with Gasteiger partial charge in [0.05, 0.1) is 12.8 Å². The molecule has 2 N–H and O–H groups in total. The summed E-state index contributed by atoms with van der Waals surface area (Å²) in [4.78, 5) is 3.17. The van der Waals surface area contributed by atoms with Crippen LogP contribution < -0.4 is 9.80 Å². The summed E-state index contributed by atoms with van der Waals surface area (Å²) in [6.07, 6.45) is 1.76. The Hall–Kier alpha value is -2.51. The molecule has 28 heavy (non-hydrogen) atoms. The van der Waals surface area contributed by atoms with Crippen molar-refractivity contribution in [2.24, 2.45) is 5.92 Å². The van der Waals surface area contributed by atoms with Crippen molar-refractivity contribution in [3.8, 4) is 0 Å². The van der Waals surface area contributed by atoms with Gasteiger partial charge in [0.2, 0.25) is 5.82 Å². The molecule has 1 saturated heterocycles. The van der Waals surface area contributed by atoms with Crippen LogP contribution in [0.2, 0.25) is 0 Å². The van der Waals surface area contributed by atoms with Crippen molar-refractivity contribution >= 4 is 0 Å². The minimum atomic E-state index is 0.309. The van der Waals surface area contributed by atoms with E-state index in [0.717, 1.165) is 50.9 Å². The van der Waals surface area contributed by atoms with Gasteiger partial charge in [-0.3, -0.25) is 0 Å². The predicted octanol–water partition coefficient (Wildman–Crippen LogP) is -0.00490. The first-order chi connectivity index (χ1) is 13.7.